The smallest absolute Gasteiger partial charge is 0.308 e. The molecule has 0 aromatic rings. The van der Waals surface area contributed by atoms with E-state index in [9.17, 15) is 9.90 Å². The molecular weight excluding hydrogens is 216 g/mol. The second-order valence-corrected chi connectivity index (χ2v) is 5.72. The molecule has 4 rings (SSSR count). The Morgan fingerprint density at radius 1 is 1.18 bits per heavy atom. The molecule has 0 aliphatic carbocycles. The molecular formula is C13H22N2O2. The van der Waals surface area contributed by atoms with Crippen molar-refractivity contribution in [2.75, 3.05) is 26.2 Å². The van der Waals surface area contributed by atoms with Crippen LogP contribution in [0.1, 0.15) is 26.2 Å². The topological polar surface area (TPSA) is 43.8 Å². The van der Waals surface area contributed by atoms with Gasteiger partial charge in [-0.2, -0.15) is 0 Å². The molecule has 0 aromatic heterocycles. The molecule has 96 valence electrons. The summed E-state index contributed by atoms with van der Waals surface area (Å²) in [5.41, 5.74) is 0. The Bertz CT molecular complexity index is 311. The van der Waals surface area contributed by atoms with Gasteiger partial charge >= 0.3 is 5.97 Å². The van der Waals surface area contributed by atoms with Gasteiger partial charge in [-0.3, -0.25) is 14.6 Å². The normalized spacial score (nSPS) is 45.6. The zero-order chi connectivity index (χ0) is 12.0. The summed E-state index contributed by atoms with van der Waals surface area (Å²) >= 11 is 0. The van der Waals surface area contributed by atoms with Crippen LogP contribution in [0, 0.1) is 11.8 Å². The molecule has 4 heteroatoms. The molecule has 17 heavy (non-hydrogen) atoms. The van der Waals surface area contributed by atoms with Crippen molar-refractivity contribution in [3.63, 3.8) is 0 Å². The maximum Gasteiger partial charge on any atom is 0.308 e. The molecule has 0 aromatic carbocycles. The highest BCUT2D eigenvalue weighted by Gasteiger charge is 2.51. The van der Waals surface area contributed by atoms with Gasteiger partial charge in [-0.15, -0.1) is 0 Å². The summed E-state index contributed by atoms with van der Waals surface area (Å²) < 4.78 is 0. The van der Waals surface area contributed by atoms with Crippen molar-refractivity contribution >= 4 is 5.97 Å². The lowest BCUT2D eigenvalue weighted by Gasteiger charge is -2.58. The Hall–Kier alpha value is -0.610. The van der Waals surface area contributed by atoms with Gasteiger partial charge in [0.05, 0.1) is 5.92 Å². The van der Waals surface area contributed by atoms with Gasteiger partial charge in [0.1, 0.15) is 0 Å². The van der Waals surface area contributed by atoms with Crippen LogP contribution in [0.25, 0.3) is 0 Å². The zero-order valence-corrected chi connectivity index (χ0v) is 10.5. The van der Waals surface area contributed by atoms with Crippen molar-refractivity contribution in [3.8, 4) is 0 Å². The third kappa shape index (κ3) is 1.69. The Kier molecular flexibility index (Phi) is 2.87. The van der Waals surface area contributed by atoms with E-state index < -0.39 is 5.97 Å². The van der Waals surface area contributed by atoms with E-state index in [-0.39, 0.29) is 12.0 Å². The lowest BCUT2D eigenvalue weighted by Crippen LogP contribution is -2.69. The molecule has 1 N–H and O–H groups in total. The fourth-order valence-corrected chi connectivity index (χ4v) is 4.32. The Labute approximate surface area is 103 Å². The molecule has 4 heterocycles. The first-order valence-corrected chi connectivity index (χ1v) is 6.93. The average molecular weight is 238 g/mol. The highest BCUT2D eigenvalue weighted by molar-refractivity contribution is 5.71. The van der Waals surface area contributed by atoms with Crippen molar-refractivity contribution in [3.05, 3.63) is 0 Å². The van der Waals surface area contributed by atoms with Gasteiger partial charge in [0.15, 0.2) is 0 Å². The Balaban J connectivity index is 1.90. The van der Waals surface area contributed by atoms with Crippen LogP contribution in [0.3, 0.4) is 0 Å². The van der Waals surface area contributed by atoms with Gasteiger partial charge in [0.2, 0.25) is 0 Å². The fourth-order valence-electron chi connectivity index (χ4n) is 4.32. The largest absolute Gasteiger partial charge is 0.481 e. The molecule has 4 aliphatic rings. The number of piperidine rings is 4. The van der Waals surface area contributed by atoms with E-state index >= 15 is 0 Å². The minimum Gasteiger partial charge on any atom is -0.481 e. The number of hydrogen-bond acceptors (Lipinski definition) is 3. The van der Waals surface area contributed by atoms with Gasteiger partial charge in [-0.1, -0.05) is 6.92 Å². The summed E-state index contributed by atoms with van der Waals surface area (Å²) in [6.45, 7) is 6.48. The van der Waals surface area contributed by atoms with Gasteiger partial charge in [0, 0.05) is 12.1 Å². The third-order valence-corrected chi connectivity index (χ3v) is 5.11. The number of likely N-dealkylation sites (tertiary alicyclic amines) is 1. The van der Waals surface area contributed by atoms with Crippen LogP contribution >= 0.6 is 0 Å². The summed E-state index contributed by atoms with van der Waals surface area (Å²) in [7, 11) is 0. The van der Waals surface area contributed by atoms with Crippen LogP contribution in [0.5, 0.6) is 0 Å². The van der Waals surface area contributed by atoms with E-state index in [0.29, 0.717) is 6.04 Å². The van der Waals surface area contributed by atoms with E-state index in [4.69, 9.17) is 0 Å². The quantitative estimate of drug-likeness (QED) is 0.775. The number of hydrogen-bond donors (Lipinski definition) is 1. The number of rotatable bonds is 2. The van der Waals surface area contributed by atoms with E-state index in [0.717, 1.165) is 38.5 Å². The summed E-state index contributed by atoms with van der Waals surface area (Å²) in [5.74, 6) is 0.0290. The molecule has 4 saturated heterocycles. The van der Waals surface area contributed by atoms with Gasteiger partial charge < -0.3 is 5.11 Å². The summed E-state index contributed by atoms with van der Waals surface area (Å²) in [4.78, 5) is 16.4. The standard InChI is InChI=1S/C13H22N2O2/c1-2-14-8-5-10(13(16)17)12-11(14)9-3-6-15(12)7-4-9/h9-12H,2-8H2,1H3,(H,16,17). The summed E-state index contributed by atoms with van der Waals surface area (Å²) in [6, 6.07) is 0.797. The third-order valence-electron chi connectivity index (χ3n) is 5.11. The second-order valence-electron chi connectivity index (χ2n) is 5.72. The molecule has 3 unspecified atom stereocenters. The first-order chi connectivity index (χ1) is 8.22. The van der Waals surface area contributed by atoms with E-state index in [2.05, 4.69) is 16.7 Å². The maximum atomic E-state index is 11.4. The number of likely N-dealkylation sites (N-methyl/N-ethyl adjacent to an activating group) is 1. The number of fused-ring (bicyclic) bond motifs is 2. The minimum atomic E-state index is -0.580. The predicted octanol–water partition coefficient (Wildman–Crippen LogP) is 0.876. The highest BCUT2D eigenvalue weighted by atomic mass is 16.4. The summed E-state index contributed by atoms with van der Waals surface area (Å²) in [5, 5.41) is 9.42. The first-order valence-electron chi connectivity index (χ1n) is 6.93. The molecule has 0 spiro atoms. The monoisotopic (exact) mass is 238 g/mol. The fraction of sp³-hybridized carbons (Fsp3) is 0.923. The molecule has 0 amide bonds. The van der Waals surface area contributed by atoms with Crippen LogP contribution in [0.15, 0.2) is 0 Å². The number of carbonyl (C=O) groups is 1. The predicted molar refractivity (Wildman–Crippen MR) is 64.9 cm³/mol. The van der Waals surface area contributed by atoms with Gasteiger partial charge in [-0.25, -0.2) is 0 Å². The average Bonchev–Trinajstić information content (AvgIpc) is 2.38. The number of carboxylic acid groups (broad SMARTS) is 1. The van der Waals surface area contributed by atoms with Crippen LogP contribution in [0.4, 0.5) is 0 Å². The second kappa shape index (κ2) is 4.25. The summed E-state index contributed by atoms with van der Waals surface area (Å²) in [6.07, 6.45) is 3.36. The van der Waals surface area contributed by atoms with Crippen LogP contribution in [0.2, 0.25) is 0 Å². The van der Waals surface area contributed by atoms with Crippen molar-refractivity contribution in [2.24, 2.45) is 11.8 Å². The van der Waals surface area contributed by atoms with E-state index in [1.54, 1.807) is 0 Å². The number of carboxylic acids is 1. The SMILES string of the molecule is CCN1CCC(C(=O)O)C2C1C1CCN2CC1. The van der Waals surface area contributed by atoms with Gasteiger partial charge in [0.25, 0.3) is 0 Å². The first kappa shape index (κ1) is 11.5. The molecule has 2 bridgehead atoms. The molecule has 4 fully saturated rings. The van der Waals surface area contributed by atoms with Crippen molar-refractivity contribution in [1.82, 2.24) is 9.80 Å². The van der Waals surface area contributed by atoms with Gasteiger partial charge in [-0.05, 0) is 51.4 Å². The minimum absolute atomic E-state index is 0.133. The van der Waals surface area contributed by atoms with E-state index in [1.807, 2.05) is 0 Å². The molecule has 0 radical (unpaired) electrons. The Morgan fingerprint density at radius 3 is 2.47 bits per heavy atom. The Morgan fingerprint density at radius 2 is 1.88 bits per heavy atom. The highest BCUT2D eigenvalue weighted by Crippen LogP contribution is 2.41. The number of aliphatic carboxylic acids is 1. The molecule has 0 saturated carbocycles. The van der Waals surface area contributed by atoms with Crippen LogP contribution in [-0.2, 0) is 4.79 Å². The number of nitrogens with zero attached hydrogens (tertiary/aromatic N) is 2. The van der Waals surface area contributed by atoms with Crippen molar-refractivity contribution < 1.29 is 9.90 Å². The molecule has 4 aliphatic heterocycles. The molecule has 4 nitrogen and oxygen atoms in total. The van der Waals surface area contributed by atoms with Crippen molar-refractivity contribution in [1.29, 1.82) is 0 Å². The van der Waals surface area contributed by atoms with Crippen molar-refractivity contribution in [2.45, 2.75) is 38.3 Å². The lowest BCUT2D eigenvalue weighted by molar-refractivity contribution is -0.156. The lowest BCUT2D eigenvalue weighted by atomic mass is 9.70. The maximum absolute atomic E-state index is 11.4. The zero-order valence-electron chi connectivity index (χ0n) is 10.5. The van der Waals surface area contributed by atoms with Crippen LogP contribution in [-0.4, -0.2) is 59.1 Å². The van der Waals surface area contributed by atoms with E-state index in [1.165, 1.54) is 12.8 Å². The molecule has 3 atom stereocenters. The van der Waals surface area contributed by atoms with Crippen LogP contribution < -0.4 is 0 Å².